The first-order chi connectivity index (χ1) is 12.1. The van der Waals surface area contributed by atoms with Crippen molar-refractivity contribution in [1.82, 2.24) is 15.0 Å². The van der Waals surface area contributed by atoms with Crippen molar-refractivity contribution in [3.63, 3.8) is 0 Å². The largest absolute Gasteiger partial charge is 0.384 e. The molecule has 0 aromatic carbocycles. The minimum Gasteiger partial charge on any atom is -0.384 e. The SMILES string of the molecule is COCC(COC)c1nc(C2CCCC2)nc(N(COC)C(C)O)n1. The van der Waals surface area contributed by atoms with E-state index in [1.807, 2.05) is 0 Å². The third-order valence-corrected chi connectivity index (χ3v) is 4.46. The van der Waals surface area contributed by atoms with E-state index in [2.05, 4.69) is 9.97 Å². The van der Waals surface area contributed by atoms with E-state index in [1.165, 1.54) is 12.8 Å². The van der Waals surface area contributed by atoms with Crippen LogP contribution in [0.5, 0.6) is 0 Å². The Balaban J connectivity index is 2.42. The Morgan fingerprint density at radius 3 is 2.20 bits per heavy atom. The van der Waals surface area contributed by atoms with Gasteiger partial charge in [0.25, 0.3) is 0 Å². The Kier molecular flexibility index (Phi) is 7.95. The highest BCUT2D eigenvalue weighted by molar-refractivity contribution is 5.31. The second-order valence-corrected chi connectivity index (χ2v) is 6.46. The van der Waals surface area contributed by atoms with Crippen molar-refractivity contribution >= 4 is 5.95 Å². The van der Waals surface area contributed by atoms with Crippen LogP contribution in [0.1, 0.15) is 56.1 Å². The molecule has 0 bridgehead atoms. The van der Waals surface area contributed by atoms with Gasteiger partial charge < -0.3 is 19.3 Å². The predicted molar refractivity (Wildman–Crippen MR) is 93.6 cm³/mol. The highest BCUT2D eigenvalue weighted by Crippen LogP contribution is 2.33. The Morgan fingerprint density at radius 1 is 1.04 bits per heavy atom. The number of aliphatic hydroxyl groups is 1. The number of hydrogen-bond acceptors (Lipinski definition) is 8. The summed E-state index contributed by atoms with van der Waals surface area (Å²) >= 11 is 0. The molecular formula is C17H30N4O4. The molecule has 25 heavy (non-hydrogen) atoms. The fraction of sp³-hybridized carbons (Fsp3) is 0.824. The third kappa shape index (κ3) is 5.31. The molecule has 0 amide bonds. The molecule has 0 spiro atoms. The zero-order valence-electron chi connectivity index (χ0n) is 15.6. The Morgan fingerprint density at radius 2 is 1.68 bits per heavy atom. The fourth-order valence-corrected chi connectivity index (χ4v) is 3.15. The summed E-state index contributed by atoms with van der Waals surface area (Å²) < 4.78 is 15.8. The fourth-order valence-electron chi connectivity index (χ4n) is 3.15. The first-order valence-electron chi connectivity index (χ1n) is 8.78. The van der Waals surface area contributed by atoms with Crippen molar-refractivity contribution in [3.05, 3.63) is 11.6 Å². The lowest BCUT2D eigenvalue weighted by molar-refractivity contribution is 0.112. The van der Waals surface area contributed by atoms with Gasteiger partial charge >= 0.3 is 0 Å². The number of ether oxygens (including phenoxy) is 3. The standard InChI is InChI=1S/C17H30N4O4/c1-12(22)21(11-25-4)17-19-15(13-7-5-6-8-13)18-16(20-17)14(9-23-2)10-24-3/h12-14,22H,5-11H2,1-4H3. The van der Waals surface area contributed by atoms with Crippen molar-refractivity contribution in [2.24, 2.45) is 0 Å². The monoisotopic (exact) mass is 354 g/mol. The average molecular weight is 354 g/mol. The van der Waals surface area contributed by atoms with Crippen molar-refractivity contribution < 1.29 is 19.3 Å². The summed E-state index contributed by atoms with van der Waals surface area (Å²) in [5.41, 5.74) is 0. The Bertz CT molecular complexity index is 517. The third-order valence-electron chi connectivity index (χ3n) is 4.46. The molecular weight excluding hydrogens is 324 g/mol. The average Bonchev–Trinajstić information content (AvgIpc) is 3.13. The maximum atomic E-state index is 10.1. The molecule has 0 radical (unpaired) electrons. The van der Waals surface area contributed by atoms with Crippen LogP contribution in [-0.4, -0.2) is 67.6 Å². The van der Waals surface area contributed by atoms with Crippen LogP contribution in [0.4, 0.5) is 5.95 Å². The van der Waals surface area contributed by atoms with Crippen LogP contribution in [0.15, 0.2) is 0 Å². The number of methoxy groups -OCH3 is 3. The zero-order valence-corrected chi connectivity index (χ0v) is 15.6. The van der Waals surface area contributed by atoms with E-state index < -0.39 is 6.23 Å². The van der Waals surface area contributed by atoms with Gasteiger partial charge in [0.1, 0.15) is 24.6 Å². The van der Waals surface area contributed by atoms with Crippen LogP contribution in [0.3, 0.4) is 0 Å². The first kappa shape index (κ1) is 20.0. The maximum Gasteiger partial charge on any atom is 0.232 e. The molecule has 1 unspecified atom stereocenters. The molecule has 1 aromatic heterocycles. The van der Waals surface area contributed by atoms with E-state index in [4.69, 9.17) is 19.2 Å². The van der Waals surface area contributed by atoms with Gasteiger partial charge in [0.2, 0.25) is 5.95 Å². The quantitative estimate of drug-likeness (QED) is 0.635. The summed E-state index contributed by atoms with van der Waals surface area (Å²) in [6.07, 6.45) is 3.79. The molecule has 2 rings (SSSR count). The van der Waals surface area contributed by atoms with Crippen LogP contribution in [-0.2, 0) is 14.2 Å². The molecule has 1 fully saturated rings. The summed E-state index contributed by atoms with van der Waals surface area (Å²) in [5, 5.41) is 10.1. The summed E-state index contributed by atoms with van der Waals surface area (Å²) in [5.74, 6) is 2.11. The molecule has 1 atom stereocenters. The molecule has 1 aromatic rings. The van der Waals surface area contributed by atoms with Gasteiger partial charge in [-0.25, -0.2) is 4.98 Å². The minimum absolute atomic E-state index is 0.0877. The molecule has 1 heterocycles. The summed E-state index contributed by atoms with van der Waals surface area (Å²) in [6, 6.07) is 0. The van der Waals surface area contributed by atoms with E-state index in [-0.39, 0.29) is 12.6 Å². The first-order valence-corrected chi connectivity index (χ1v) is 8.78. The molecule has 8 nitrogen and oxygen atoms in total. The van der Waals surface area contributed by atoms with Crippen molar-refractivity contribution in [2.45, 2.75) is 50.7 Å². The normalized spacial score (nSPS) is 16.6. The highest BCUT2D eigenvalue weighted by atomic mass is 16.5. The van der Waals surface area contributed by atoms with Gasteiger partial charge in [0.05, 0.1) is 19.1 Å². The lowest BCUT2D eigenvalue weighted by Gasteiger charge is -2.26. The molecule has 1 aliphatic rings. The maximum absolute atomic E-state index is 10.1. The Labute approximate surface area is 149 Å². The van der Waals surface area contributed by atoms with Gasteiger partial charge in [0.15, 0.2) is 0 Å². The van der Waals surface area contributed by atoms with Crippen molar-refractivity contribution in [3.8, 4) is 0 Å². The molecule has 8 heteroatoms. The molecule has 1 aliphatic carbocycles. The molecule has 1 saturated carbocycles. The second kappa shape index (κ2) is 9.96. The molecule has 142 valence electrons. The van der Waals surface area contributed by atoms with Crippen LogP contribution in [0.25, 0.3) is 0 Å². The summed E-state index contributed by atoms with van der Waals surface area (Å²) in [7, 11) is 4.87. The number of anilines is 1. The van der Waals surface area contributed by atoms with Gasteiger partial charge in [-0.2, -0.15) is 9.97 Å². The van der Waals surface area contributed by atoms with Crippen LogP contribution in [0, 0.1) is 0 Å². The zero-order chi connectivity index (χ0) is 18.2. The van der Waals surface area contributed by atoms with Gasteiger partial charge in [-0.15, -0.1) is 0 Å². The van der Waals surface area contributed by atoms with Gasteiger partial charge in [-0.3, -0.25) is 4.90 Å². The molecule has 1 N–H and O–H groups in total. The van der Waals surface area contributed by atoms with Crippen LogP contribution in [0.2, 0.25) is 0 Å². The number of aromatic nitrogens is 3. The lowest BCUT2D eigenvalue weighted by atomic mass is 10.1. The van der Waals surface area contributed by atoms with E-state index in [1.54, 1.807) is 33.2 Å². The van der Waals surface area contributed by atoms with E-state index in [0.717, 1.165) is 18.7 Å². The molecule has 0 saturated heterocycles. The topological polar surface area (TPSA) is 89.8 Å². The van der Waals surface area contributed by atoms with Gasteiger partial charge in [0, 0.05) is 27.2 Å². The van der Waals surface area contributed by atoms with E-state index >= 15 is 0 Å². The van der Waals surface area contributed by atoms with Crippen LogP contribution >= 0.6 is 0 Å². The summed E-state index contributed by atoms with van der Waals surface area (Å²) in [4.78, 5) is 15.6. The number of hydrogen-bond donors (Lipinski definition) is 1. The van der Waals surface area contributed by atoms with Crippen molar-refractivity contribution in [1.29, 1.82) is 0 Å². The Hall–Kier alpha value is -1.35. The smallest absolute Gasteiger partial charge is 0.232 e. The lowest BCUT2D eigenvalue weighted by Crippen LogP contribution is -2.37. The van der Waals surface area contributed by atoms with Gasteiger partial charge in [-0.1, -0.05) is 12.8 Å². The minimum atomic E-state index is -0.769. The van der Waals surface area contributed by atoms with E-state index in [0.29, 0.717) is 30.9 Å². The van der Waals surface area contributed by atoms with Crippen molar-refractivity contribution in [2.75, 3.05) is 46.2 Å². The number of rotatable bonds is 10. The predicted octanol–water partition coefficient (Wildman–Crippen LogP) is 1.65. The molecule has 0 aliphatic heterocycles. The second-order valence-electron chi connectivity index (χ2n) is 6.46. The highest BCUT2D eigenvalue weighted by Gasteiger charge is 2.26. The van der Waals surface area contributed by atoms with Crippen LogP contribution < -0.4 is 4.90 Å². The van der Waals surface area contributed by atoms with E-state index in [9.17, 15) is 5.11 Å². The number of aliphatic hydroxyl groups excluding tert-OH is 1. The van der Waals surface area contributed by atoms with Gasteiger partial charge in [-0.05, 0) is 19.8 Å². The number of nitrogens with zero attached hydrogens (tertiary/aromatic N) is 4. The summed E-state index contributed by atoms with van der Waals surface area (Å²) in [6.45, 7) is 2.78.